The Bertz CT molecular complexity index is 527. The van der Waals surface area contributed by atoms with Gasteiger partial charge in [-0.05, 0) is 49.5 Å². The molecule has 1 aliphatic rings. The Morgan fingerprint density at radius 1 is 1.16 bits per heavy atom. The minimum atomic E-state index is 0.763. The van der Waals surface area contributed by atoms with Gasteiger partial charge in [0.15, 0.2) is 0 Å². The normalized spacial score (nSPS) is 16.7. The molecule has 1 aliphatic heterocycles. The monoisotopic (exact) mass is 319 g/mol. The van der Waals surface area contributed by atoms with Crippen molar-refractivity contribution >= 4 is 15.9 Å². The zero-order valence-electron chi connectivity index (χ0n) is 10.8. The maximum Gasteiger partial charge on any atom is 0.0568 e. The van der Waals surface area contributed by atoms with Gasteiger partial charge in [-0.15, -0.1) is 0 Å². The smallest absolute Gasteiger partial charge is 0.0568 e. The summed E-state index contributed by atoms with van der Waals surface area (Å²) in [6, 6.07) is 8.38. The van der Waals surface area contributed by atoms with E-state index in [0.29, 0.717) is 0 Å². The molecule has 19 heavy (non-hydrogen) atoms. The summed E-state index contributed by atoms with van der Waals surface area (Å²) in [6.45, 7) is 3.33. The standard InChI is InChI=1S/C15H18BrN3/c16-15-3-1-13(2-4-15)14-9-18-19(11-14)10-12-5-7-17-8-6-12/h1-4,9,11-12,17H,5-8,10H2. The lowest BCUT2D eigenvalue weighted by molar-refractivity contribution is 0.321. The second-order valence-electron chi connectivity index (χ2n) is 5.15. The number of aromatic nitrogens is 2. The summed E-state index contributed by atoms with van der Waals surface area (Å²) >= 11 is 3.46. The van der Waals surface area contributed by atoms with Gasteiger partial charge in [-0.2, -0.15) is 5.10 Å². The fourth-order valence-electron chi connectivity index (χ4n) is 2.58. The topological polar surface area (TPSA) is 29.9 Å². The number of rotatable bonds is 3. The maximum absolute atomic E-state index is 4.49. The van der Waals surface area contributed by atoms with Gasteiger partial charge in [0.1, 0.15) is 0 Å². The van der Waals surface area contributed by atoms with Crippen molar-refractivity contribution in [1.82, 2.24) is 15.1 Å². The van der Waals surface area contributed by atoms with Crippen LogP contribution in [0.3, 0.4) is 0 Å². The minimum absolute atomic E-state index is 0.763. The lowest BCUT2D eigenvalue weighted by atomic mass is 9.98. The van der Waals surface area contributed by atoms with Gasteiger partial charge in [0, 0.05) is 22.8 Å². The summed E-state index contributed by atoms with van der Waals surface area (Å²) in [5.74, 6) is 0.763. The van der Waals surface area contributed by atoms with E-state index in [1.165, 1.54) is 24.0 Å². The van der Waals surface area contributed by atoms with E-state index < -0.39 is 0 Å². The Hall–Kier alpha value is -1.13. The number of halogens is 1. The molecule has 0 aliphatic carbocycles. The molecule has 0 amide bonds. The number of nitrogens with one attached hydrogen (secondary N) is 1. The van der Waals surface area contributed by atoms with Gasteiger partial charge in [-0.3, -0.25) is 4.68 Å². The second-order valence-corrected chi connectivity index (χ2v) is 6.07. The van der Waals surface area contributed by atoms with E-state index in [1.807, 2.05) is 6.20 Å². The first kappa shape index (κ1) is 12.9. The number of benzene rings is 1. The predicted octanol–water partition coefficient (Wildman–Crippen LogP) is 3.31. The summed E-state index contributed by atoms with van der Waals surface area (Å²) in [4.78, 5) is 0. The molecular weight excluding hydrogens is 302 g/mol. The Morgan fingerprint density at radius 3 is 2.63 bits per heavy atom. The van der Waals surface area contributed by atoms with Crippen LogP contribution in [0.5, 0.6) is 0 Å². The Morgan fingerprint density at radius 2 is 1.89 bits per heavy atom. The molecule has 2 heterocycles. The van der Waals surface area contributed by atoms with Crippen LogP contribution in [0.1, 0.15) is 12.8 Å². The zero-order chi connectivity index (χ0) is 13.1. The number of hydrogen-bond acceptors (Lipinski definition) is 2. The Balaban J connectivity index is 1.70. The lowest BCUT2D eigenvalue weighted by Crippen LogP contribution is -2.29. The first-order chi connectivity index (χ1) is 9.31. The molecule has 100 valence electrons. The molecule has 2 aromatic rings. The fourth-order valence-corrected chi connectivity index (χ4v) is 2.85. The molecule has 0 radical (unpaired) electrons. The van der Waals surface area contributed by atoms with E-state index >= 15 is 0 Å². The van der Waals surface area contributed by atoms with Gasteiger partial charge in [0.05, 0.1) is 6.20 Å². The third-order valence-corrected chi connectivity index (χ3v) is 4.24. The van der Waals surface area contributed by atoms with Crippen molar-refractivity contribution in [3.05, 3.63) is 41.1 Å². The zero-order valence-corrected chi connectivity index (χ0v) is 12.4. The highest BCUT2D eigenvalue weighted by Gasteiger charge is 2.14. The molecule has 1 fully saturated rings. The Kier molecular flexibility index (Phi) is 3.99. The highest BCUT2D eigenvalue weighted by Crippen LogP contribution is 2.22. The SMILES string of the molecule is Brc1ccc(-c2cnn(CC3CCNCC3)c2)cc1. The van der Waals surface area contributed by atoms with Gasteiger partial charge in [0.25, 0.3) is 0 Å². The quantitative estimate of drug-likeness (QED) is 0.940. The van der Waals surface area contributed by atoms with Crippen LogP contribution < -0.4 is 5.32 Å². The molecular formula is C15H18BrN3. The average molecular weight is 320 g/mol. The summed E-state index contributed by atoms with van der Waals surface area (Å²) < 4.78 is 3.20. The predicted molar refractivity (Wildman–Crippen MR) is 81.0 cm³/mol. The molecule has 1 aromatic carbocycles. The fraction of sp³-hybridized carbons (Fsp3) is 0.400. The molecule has 1 N–H and O–H groups in total. The van der Waals surface area contributed by atoms with Gasteiger partial charge in [0.2, 0.25) is 0 Å². The minimum Gasteiger partial charge on any atom is -0.317 e. The molecule has 1 aromatic heterocycles. The van der Waals surface area contributed by atoms with E-state index in [1.54, 1.807) is 0 Å². The number of nitrogens with zero attached hydrogens (tertiary/aromatic N) is 2. The largest absolute Gasteiger partial charge is 0.317 e. The molecule has 0 saturated carbocycles. The van der Waals surface area contributed by atoms with Crippen molar-refractivity contribution in [1.29, 1.82) is 0 Å². The first-order valence-corrected chi connectivity index (χ1v) is 7.60. The van der Waals surface area contributed by atoms with E-state index in [-0.39, 0.29) is 0 Å². The molecule has 3 nitrogen and oxygen atoms in total. The summed E-state index contributed by atoms with van der Waals surface area (Å²) in [5.41, 5.74) is 2.42. The van der Waals surface area contributed by atoms with Crippen LogP contribution in [0.25, 0.3) is 11.1 Å². The second kappa shape index (κ2) is 5.88. The third kappa shape index (κ3) is 3.25. The highest BCUT2D eigenvalue weighted by molar-refractivity contribution is 9.10. The average Bonchev–Trinajstić information content (AvgIpc) is 2.89. The van der Waals surface area contributed by atoms with Crippen LogP contribution in [-0.2, 0) is 6.54 Å². The van der Waals surface area contributed by atoms with Crippen LogP contribution >= 0.6 is 15.9 Å². The van der Waals surface area contributed by atoms with Crippen LogP contribution in [-0.4, -0.2) is 22.9 Å². The van der Waals surface area contributed by atoms with Crippen molar-refractivity contribution in [2.24, 2.45) is 5.92 Å². The number of piperidine rings is 1. The van der Waals surface area contributed by atoms with Crippen LogP contribution in [0.2, 0.25) is 0 Å². The maximum atomic E-state index is 4.49. The molecule has 0 atom stereocenters. The molecule has 0 spiro atoms. The number of hydrogen-bond donors (Lipinski definition) is 1. The van der Waals surface area contributed by atoms with Crippen molar-refractivity contribution in [2.75, 3.05) is 13.1 Å². The van der Waals surface area contributed by atoms with Crippen molar-refractivity contribution in [3.8, 4) is 11.1 Å². The van der Waals surface area contributed by atoms with E-state index in [2.05, 4.69) is 61.5 Å². The van der Waals surface area contributed by atoms with Crippen molar-refractivity contribution < 1.29 is 0 Å². The van der Waals surface area contributed by atoms with Crippen LogP contribution in [0.4, 0.5) is 0 Å². The Labute approximate surface area is 122 Å². The molecule has 0 bridgehead atoms. The van der Waals surface area contributed by atoms with Crippen molar-refractivity contribution in [2.45, 2.75) is 19.4 Å². The summed E-state index contributed by atoms with van der Waals surface area (Å²) in [6.07, 6.45) is 6.64. The van der Waals surface area contributed by atoms with Gasteiger partial charge in [-0.1, -0.05) is 28.1 Å². The molecule has 0 unspecified atom stereocenters. The summed E-state index contributed by atoms with van der Waals surface area (Å²) in [5, 5.41) is 7.90. The molecule has 1 saturated heterocycles. The molecule has 3 rings (SSSR count). The van der Waals surface area contributed by atoms with E-state index in [4.69, 9.17) is 0 Å². The third-order valence-electron chi connectivity index (χ3n) is 3.71. The molecule has 4 heteroatoms. The van der Waals surface area contributed by atoms with Gasteiger partial charge >= 0.3 is 0 Å². The van der Waals surface area contributed by atoms with Crippen LogP contribution in [0, 0.1) is 5.92 Å². The van der Waals surface area contributed by atoms with Gasteiger partial charge < -0.3 is 5.32 Å². The van der Waals surface area contributed by atoms with Crippen molar-refractivity contribution in [3.63, 3.8) is 0 Å². The van der Waals surface area contributed by atoms with E-state index in [0.717, 1.165) is 30.0 Å². The van der Waals surface area contributed by atoms with E-state index in [9.17, 15) is 0 Å². The highest BCUT2D eigenvalue weighted by atomic mass is 79.9. The first-order valence-electron chi connectivity index (χ1n) is 6.80. The summed E-state index contributed by atoms with van der Waals surface area (Å²) in [7, 11) is 0. The van der Waals surface area contributed by atoms with Gasteiger partial charge in [-0.25, -0.2) is 0 Å². The van der Waals surface area contributed by atoms with Crippen LogP contribution in [0.15, 0.2) is 41.1 Å². The lowest BCUT2D eigenvalue weighted by Gasteiger charge is -2.22.